The molecule has 1 amide bonds. The first-order valence-corrected chi connectivity index (χ1v) is 3.50. The van der Waals surface area contributed by atoms with Gasteiger partial charge >= 0.3 is 0 Å². The standard InChI is InChI=1S/C8H7N3O/c9-8(12)7-2-1-6-5-10-3-4-11(6)7/h1-5H,(H2,9,12). The smallest absolute Gasteiger partial charge is 0.265 e. The summed E-state index contributed by atoms with van der Waals surface area (Å²) in [6.07, 6.45) is 4.99. The summed E-state index contributed by atoms with van der Waals surface area (Å²) in [4.78, 5) is 14.8. The Kier molecular flexibility index (Phi) is 1.33. The quantitative estimate of drug-likeness (QED) is 0.659. The minimum absolute atomic E-state index is 0.429. The van der Waals surface area contributed by atoms with Crippen LogP contribution < -0.4 is 5.73 Å². The highest BCUT2D eigenvalue weighted by Gasteiger charge is 2.04. The Labute approximate surface area is 68.6 Å². The average Bonchev–Trinajstić information content (AvgIpc) is 2.47. The van der Waals surface area contributed by atoms with Crippen molar-refractivity contribution in [2.24, 2.45) is 5.73 Å². The van der Waals surface area contributed by atoms with E-state index in [1.165, 1.54) is 0 Å². The molecule has 4 nitrogen and oxygen atoms in total. The van der Waals surface area contributed by atoms with Crippen LogP contribution in [0.2, 0.25) is 0 Å². The van der Waals surface area contributed by atoms with Gasteiger partial charge in [-0.2, -0.15) is 0 Å². The molecular formula is C8H7N3O. The van der Waals surface area contributed by atoms with Crippen molar-refractivity contribution in [1.29, 1.82) is 0 Å². The van der Waals surface area contributed by atoms with E-state index in [1.807, 2.05) is 0 Å². The molecular weight excluding hydrogens is 154 g/mol. The molecule has 0 aliphatic rings. The first-order valence-electron chi connectivity index (χ1n) is 3.50. The Balaban J connectivity index is 2.79. The Morgan fingerprint density at radius 3 is 3.08 bits per heavy atom. The largest absolute Gasteiger partial charge is 0.364 e. The van der Waals surface area contributed by atoms with Gasteiger partial charge in [0.2, 0.25) is 0 Å². The number of amides is 1. The van der Waals surface area contributed by atoms with Gasteiger partial charge in [-0.3, -0.25) is 9.78 Å². The number of fused-ring (bicyclic) bond motifs is 1. The maximum absolute atomic E-state index is 10.9. The Morgan fingerprint density at radius 1 is 1.50 bits per heavy atom. The van der Waals surface area contributed by atoms with Gasteiger partial charge in [-0.1, -0.05) is 0 Å². The molecule has 0 saturated carbocycles. The van der Waals surface area contributed by atoms with Crippen LogP contribution in [0.15, 0.2) is 30.7 Å². The van der Waals surface area contributed by atoms with E-state index in [9.17, 15) is 4.79 Å². The Hall–Kier alpha value is -1.84. The summed E-state index contributed by atoms with van der Waals surface area (Å²) >= 11 is 0. The predicted molar refractivity (Wildman–Crippen MR) is 43.7 cm³/mol. The lowest BCUT2D eigenvalue weighted by Crippen LogP contribution is -2.13. The van der Waals surface area contributed by atoms with E-state index in [0.717, 1.165) is 5.52 Å². The van der Waals surface area contributed by atoms with E-state index in [4.69, 9.17) is 5.73 Å². The first-order chi connectivity index (χ1) is 5.79. The van der Waals surface area contributed by atoms with Gasteiger partial charge in [-0.25, -0.2) is 0 Å². The van der Waals surface area contributed by atoms with E-state index in [1.54, 1.807) is 35.1 Å². The molecule has 0 aromatic carbocycles. The van der Waals surface area contributed by atoms with Crippen LogP contribution in [0.4, 0.5) is 0 Å². The predicted octanol–water partition coefficient (Wildman–Crippen LogP) is 0.433. The van der Waals surface area contributed by atoms with Gasteiger partial charge in [0.05, 0.1) is 11.7 Å². The summed E-state index contributed by atoms with van der Waals surface area (Å²) in [6, 6.07) is 3.48. The number of rotatable bonds is 1. The molecule has 12 heavy (non-hydrogen) atoms. The topological polar surface area (TPSA) is 60.4 Å². The number of primary amides is 1. The monoisotopic (exact) mass is 161 g/mol. The normalized spacial score (nSPS) is 10.3. The highest BCUT2D eigenvalue weighted by molar-refractivity contribution is 5.92. The van der Waals surface area contributed by atoms with Crippen LogP contribution in [0.3, 0.4) is 0 Å². The third kappa shape index (κ3) is 0.852. The fourth-order valence-electron chi connectivity index (χ4n) is 1.16. The third-order valence-electron chi connectivity index (χ3n) is 1.71. The van der Waals surface area contributed by atoms with Gasteiger partial charge in [0, 0.05) is 12.4 Å². The van der Waals surface area contributed by atoms with Crippen LogP contribution in [0.5, 0.6) is 0 Å². The molecule has 2 heterocycles. The van der Waals surface area contributed by atoms with Gasteiger partial charge in [0.15, 0.2) is 0 Å². The minimum Gasteiger partial charge on any atom is -0.364 e. The summed E-state index contributed by atoms with van der Waals surface area (Å²) in [5.41, 5.74) is 6.49. The summed E-state index contributed by atoms with van der Waals surface area (Å²) in [5.74, 6) is -0.429. The lowest BCUT2D eigenvalue weighted by atomic mass is 10.4. The molecule has 0 saturated heterocycles. The summed E-state index contributed by atoms with van der Waals surface area (Å²) in [6.45, 7) is 0. The number of hydrogen-bond donors (Lipinski definition) is 1. The second kappa shape index (κ2) is 2.34. The van der Waals surface area contributed by atoms with Crippen molar-refractivity contribution in [1.82, 2.24) is 9.38 Å². The molecule has 4 heteroatoms. The fourth-order valence-corrected chi connectivity index (χ4v) is 1.16. The molecule has 0 aliphatic heterocycles. The second-order valence-electron chi connectivity index (χ2n) is 2.45. The number of hydrogen-bond acceptors (Lipinski definition) is 2. The summed E-state index contributed by atoms with van der Waals surface area (Å²) in [7, 11) is 0. The van der Waals surface area contributed by atoms with Crippen molar-refractivity contribution in [3.8, 4) is 0 Å². The SMILES string of the molecule is NC(=O)c1ccc2cnccn12. The van der Waals surface area contributed by atoms with Gasteiger partial charge in [-0.15, -0.1) is 0 Å². The highest BCUT2D eigenvalue weighted by Crippen LogP contribution is 2.06. The van der Waals surface area contributed by atoms with E-state index in [2.05, 4.69) is 4.98 Å². The molecule has 0 spiro atoms. The van der Waals surface area contributed by atoms with Crippen molar-refractivity contribution in [3.63, 3.8) is 0 Å². The molecule has 0 aliphatic carbocycles. The number of aromatic nitrogens is 2. The van der Waals surface area contributed by atoms with Crippen LogP contribution >= 0.6 is 0 Å². The van der Waals surface area contributed by atoms with Crippen molar-refractivity contribution < 1.29 is 4.79 Å². The maximum Gasteiger partial charge on any atom is 0.265 e. The Bertz CT molecular complexity index is 433. The van der Waals surface area contributed by atoms with Crippen molar-refractivity contribution in [2.45, 2.75) is 0 Å². The molecule has 0 fully saturated rings. The lowest BCUT2D eigenvalue weighted by Gasteiger charge is -1.95. The molecule has 0 unspecified atom stereocenters. The Morgan fingerprint density at radius 2 is 2.33 bits per heavy atom. The first kappa shape index (κ1) is 6.84. The van der Waals surface area contributed by atoms with Crippen LogP contribution in [0.25, 0.3) is 5.52 Å². The minimum atomic E-state index is -0.429. The zero-order valence-electron chi connectivity index (χ0n) is 6.27. The summed E-state index contributed by atoms with van der Waals surface area (Å²) in [5, 5.41) is 0. The van der Waals surface area contributed by atoms with Crippen molar-refractivity contribution in [3.05, 3.63) is 36.4 Å². The van der Waals surface area contributed by atoms with Crippen molar-refractivity contribution in [2.75, 3.05) is 0 Å². The van der Waals surface area contributed by atoms with Gasteiger partial charge in [-0.05, 0) is 12.1 Å². The summed E-state index contributed by atoms with van der Waals surface area (Å²) < 4.78 is 1.70. The van der Waals surface area contributed by atoms with E-state index in [-0.39, 0.29) is 0 Å². The number of nitrogens with two attached hydrogens (primary N) is 1. The molecule has 2 N–H and O–H groups in total. The zero-order valence-corrected chi connectivity index (χ0v) is 6.27. The molecule has 0 atom stereocenters. The van der Waals surface area contributed by atoms with E-state index >= 15 is 0 Å². The number of carbonyl (C=O) groups excluding carboxylic acids is 1. The van der Waals surface area contributed by atoms with Crippen LogP contribution in [-0.4, -0.2) is 15.3 Å². The van der Waals surface area contributed by atoms with Gasteiger partial charge < -0.3 is 10.1 Å². The van der Waals surface area contributed by atoms with E-state index in [0.29, 0.717) is 5.69 Å². The third-order valence-corrected chi connectivity index (χ3v) is 1.71. The maximum atomic E-state index is 10.9. The van der Waals surface area contributed by atoms with Crippen LogP contribution in [-0.2, 0) is 0 Å². The number of carbonyl (C=O) groups is 1. The molecule has 2 aromatic heterocycles. The lowest BCUT2D eigenvalue weighted by molar-refractivity contribution is 0.0995. The van der Waals surface area contributed by atoms with Crippen LogP contribution in [0.1, 0.15) is 10.5 Å². The van der Waals surface area contributed by atoms with Crippen LogP contribution in [0, 0.1) is 0 Å². The van der Waals surface area contributed by atoms with Gasteiger partial charge in [0.1, 0.15) is 5.69 Å². The second-order valence-corrected chi connectivity index (χ2v) is 2.45. The van der Waals surface area contributed by atoms with Gasteiger partial charge in [0.25, 0.3) is 5.91 Å². The molecule has 60 valence electrons. The fraction of sp³-hybridized carbons (Fsp3) is 0. The molecule has 2 aromatic rings. The van der Waals surface area contributed by atoms with Crippen molar-refractivity contribution >= 4 is 11.4 Å². The average molecular weight is 161 g/mol. The number of nitrogens with zero attached hydrogens (tertiary/aromatic N) is 2. The van der Waals surface area contributed by atoms with E-state index < -0.39 is 5.91 Å². The highest BCUT2D eigenvalue weighted by atomic mass is 16.1. The molecule has 0 radical (unpaired) electrons. The molecule has 2 rings (SSSR count). The molecule has 0 bridgehead atoms. The zero-order chi connectivity index (χ0) is 8.55.